The van der Waals surface area contributed by atoms with Gasteiger partial charge in [-0.15, -0.1) is 0 Å². The lowest BCUT2D eigenvalue weighted by Crippen LogP contribution is -2.57. The molecule has 4 nitrogen and oxygen atoms in total. The number of nitrogens with zero attached hydrogens (tertiary/aromatic N) is 1. The molecular formula is C60H38BNO3. The fourth-order valence-corrected chi connectivity index (χ4v) is 9.99. The molecule has 0 spiro atoms. The quantitative estimate of drug-likeness (QED) is 0.150. The molecule has 10 aromatic carbocycles. The van der Waals surface area contributed by atoms with Crippen molar-refractivity contribution in [1.82, 2.24) is 0 Å². The normalized spacial score (nSPS) is 12.2. The first-order valence-electron chi connectivity index (χ1n) is 22.1. The summed E-state index contributed by atoms with van der Waals surface area (Å²) in [6.07, 6.45) is 0. The highest BCUT2D eigenvalue weighted by molar-refractivity contribution is 6.98. The highest BCUT2D eigenvalue weighted by Crippen LogP contribution is 2.49. The highest BCUT2D eigenvalue weighted by atomic mass is 16.5. The molecule has 0 saturated carbocycles. The van der Waals surface area contributed by atoms with Crippen molar-refractivity contribution in [2.45, 2.75) is 0 Å². The molecule has 5 heteroatoms. The Morgan fingerprint density at radius 1 is 0.323 bits per heavy atom. The second kappa shape index (κ2) is 15.1. The predicted molar refractivity (Wildman–Crippen MR) is 268 cm³/mol. The van der Waals surface area contributed by atoms with E-state index in [4.69, 9.17) is 13.9 Å². The summed E-state index contributed by atoms with van der Waals surface area (Å²) >= 11 is 0. The van der Waals surface area contributed by atoms with Gasteiger partial charge >= 0.3 is 0 Å². The summed E-state index contributed by atoms with van der Waals surface area (Å²) in [7, 11) is 0. The van der Waals surface area contributed by atoms with Gasteiger partial charge in [0.1, 0.15) is 28.6 Å². The minimum Gasteiger partial charge on any atom is -0.458 e. The monoisotopic (exact) mass is 831 g/mol. The Bertz CT molecular complexity index is 3490. The van der Waals surface area contributed by atoms with Crippen molar-refractivity contribution in [3.63, 3.8) is 0 Å². The Kier molecular flexibility index (Phi) is 8.60. The number of hydrogen-bond acceptors (Lipinski definition) is 4. The van der Waals surface area contributed by atoms with Crippen molar-refractivity contribution in [1.29, 1.82) is 0 Å². The van der Waals surface area contributed by atoms with E-state index < -0.39 is 0 Å². The zero-order valence-corrected chi connectivity index (χ0v) is 35.2. The van der Waals surface area contributed by atoms with Crippen LogP contribution >= 0.6 is 0 Å². The first kappa shape index (κ1) is 37.1. The van der Waals surface area contributed by atoms with Gasteiger partial charge in [0.2, 0.25) is 0 Å². The first-order chi connectivity index (χ1) is 32.2. The van der Waals surface area contributed by atoms with Crippen LogP contribution < -0.4 is 30.8 Å². The van der Waals surface area contributed by atoms with Crippen molar-refractivity contribution < 1.29 is 13.9 Å². The van der Waals surface area contributed by atoms with Crippen LogP contribution in [0.2, 0.25) is 0 Å². The van der Waals surface area contributed by atoms with E-state index in [9.17, 15) is 0 Å². The van der Waals surface area contributed by atoms with E-state index in [1.165, 1.54) is 0 Å². The number of benzene rings is 10. The second-order valence-corrected chi connectivity index (χ2v) is 16.8. The van der Waals surface area contributed by atoms with E-state index in [1.807, 2.05) is 6.07 Å². The maximum atomic E-state index is 7.14. The van der Waals surface area contributed by atoms with Crippen LogP contribution in [0.25, 0.3) is 66.4 Å². The van der Waals surface area contributed by atoms with Crippen LogP contribution in [0.4, 0.5) is 17.1 Å². The zero-order chi connectivity index (χ0) is 42.8. The maximum Gasteiger partial charge on any atom is 0.260 e. The van der Waals surface area contributed by atoms with Gasteiger partial charge in [-0.2, -0.15) is 0 Å². The lowest BCUT2D eigenvalue weighted by Gasteiger charge is -2.35. The van der Waals surface area contributed by atoms with Crippen molar-refractivity contribution in [3.8, 4) is 67.5 Å². The van der Waals surface area contributed by atoms with Crippen LogP contribution in [0.1, 0.15) is 0 Å². The van der Waals surface area contributed by atoms with Crippen molar-refractivity contribution in [3.05, 3.63) is 231 Å². The Morgan fingerprint density at radius 2 is 0.785 bits per heavy atom. The summed E-state index contributed by atoms with van der Waals surface area (Å²) in [5, 5.41) is 2.10. The zero-order valence-electron chi connectivity index (χ0n) is 35.2. The third-order valence-corrected chi connectivity index (χ3v) is 13.0. The third-order valence-electron chi connectivity index (χ3n) is 13.0. The van der Waals surface area contributed by atoms with E-state index in [-0.39, 0.29) is 6.71 Å². The number of ether oxygens (including phenoxy) is 2. The standard InChI is InChI=1S/C60H38BNO3/c1-5-17-39(18-6-1)43-31-33-50-54(35-43)63-56-37-45(38-57-58(56)61(50)51-34-32-44(36-55(51)64-57)40-19-7-2-8-20-40)62(52-29-14-13-25-46(52)41-21-9-3-10-22-41)53-30-16-28-49-48-27-15-26-47(59(48)65-60(49)53)42-23-11-4-12-24-42/h1-38H. The third kappa shape index (κ3) is 6.16. The van der Waals surface area contributed by atoms with Gasteiger partial charge in [-0.1, -0.05) is 194 Å². The maximum absolute atomic E-state index is 7.14. The summed E-state index contributed by atoms with van der Waals surface area (Å²) in [5.74, 6) is 3.17. The molecule has 0 unspecified atom stereocenters. The van der Waals surface area contributed by atoms with Crippen LogP contribution in [-0.4, -0.2) is 6.71 Å². The summed E-state index contributed by atoms with van der Waals surface area (Å²) in [5.41, 5.74) is 16.4. The molecule has 0 N–H and O–H groups in total. The molecular weight excluding hydrogens is 793 g/mol. The number of hydrogen-bond donors (Lipinski definition) is 0. The number of para-hydroxylation sites is 3. The van der Waals surface area contributed by atoms with Gasteiger partial charge in [0.05, 0.1) is 17.1 Å². The van der Waals surface area contributed by atoms with Crippen LogP contribution in [0.5, 0.6) is 23.0 Å². The lowest BCUT2D eigenvalue weighted by atomic mass is 9.34. The molecule has 0 fully saturated rings. The van der Waals surface area contributed by atoms with E-state index >= 15 is 0 Å². The van der Waals surface area contributed by atoms with Crippen LogP contribution in [0, 0.1) is 0 Å². The summed E-state index contributed by atoms with van der Waals surface area (Å²) in [6.45, 7) is -0.114. The van der Waals surface area contributed by atoms with Crippen molar-refractivity contribution in [2.24, 2.45) is 0 Å². The van der Waals surface area contributed by atoms with Gasteiger partial charge in [-0.3, -0.25) is 0 Å². The van der Waals surface area contributed by atoms with E-state index in [0.29, 0.717) is 0 Å². The van der Waals surface area contributed by atoms with Crippen LogP contribution in [0.3, 0.4) is 0 Å². The number of anilines is 3. The number of rotatable bonds is 7. The van der Waals surface area contributed by atoms with Crippen molar-refractivity contribution >= 4 is 62.1 Å². The Labute approximate surface area is 377 Å². The minimum absolute atomic E-state index is 0.114. The fraction of sp³-hybridized carbons (Fsp3) is 0. The van der Waals surface area contributed by atoms with Gasteiger partial charge in [0, 0.05) is 39.5 Å². The first-order valence-corrected chi connectivity index (χ1v) is 22.1. The molecule has 65 heavy (non-hydrogen) atoms. The Balaban J connectivity index is 1.06. The minimum atomic E-state index is -0.114. The van der Waals surface area contributed by atoms with Gasteiger partial charge in [0.25, 0.3) is 6.71 Å². The highest BCUT2D eigenvalue weighted by Gasteiger charge is 2.41. The van der Waals surface area contributed by atoms with Gasteiger partial charge in [-0.25, -0.2) is 0 Å². The number of fused-ring (bicyclic) bond motifs is 7. The summed E-state index contributed by atoms with van der Waals surface area (Å²) in [6, 6.07) is 81.2. The molecule has 13 rings (SSSR count). The largest absolute Gasteiger partial charge is 0.458 e. The molecule has 1 aromatic heterocycles. The topological polar surface area (TPSA) is 34.8 Å². The summed E-state index contributed by atoms with van der Waals surface area (Å²) in [4.78, 5) is 2.32. The molecule has 0 amide bonds. The molecule has 0 radical (unpaired) electrons. The fourth-order valence-electron chi connectivity index (χ4n) is 9.99. The van der Waals surface area contributed by atoms with Crippen molar-refractivity contribution in [2.75, 3.05) is 4.90 Å². The van der Waals surface area contributed by atoms with Crippen LogP contribution in [0.15, 0.2) is 235 Å². The Hall–Kier alpha value is -8.54. The van der Waals surface area contributed by atoms with Gasteiger partial charge in [0.15, 0.2) is 5.58 Å². The van der Waals surface area contributed by atoms with Gasteiger partial charge < -0.3 is 18.8 Å². The predicted octanol–water partition coefficient (Wildman–Crippen LogP) is 14.5. The molecule has 11 aromatic rings. The lowest BCUT2D eigenvalue weighted by molar-refractivity contribution is 0.465. The molecule has 0 bridgehead atoms. The molecule has 2 aliphatic heterocycles. The average Bonchev–Trinajstić information content (AvgIpc) is 3.77. The molecule has 0 saturated heterocycles. The smallest absolute Gasteiger partial charge is 0.260 e. The Morgan fingerprint density at radius 3 is 1.37 bits per heavy atom. The second-order valence-electron chi connectivity index (χ2n) is 16.8. The molecule has 0 atom stereocenters. The molecule has 0 aliphatic carbocycles. The molecule has 304 valence electrons. The van der Waals surface area contributed by atoms with E-state index in [0.717, 1.165) is 123 Å². The van der Waals surface area contributed by atoms with Crippen LogP contribution in [-0.2, 0) is 0 Å². The van der Waals surface area contributed by atoms with Gasteiger partial charge in [-0.05, 0) is 68.6 Å². The van der Waals surface area contributed by atoms with E-state index in [1.54, 1.807) is 0 Å². The average molecular weight is 832 g/mol. The SMILES string of the molecule is c1ccc(-c2ccc3c(c2)Oc2cc(N(c4ccccc4-c4ccccc4)c4cccc5c4oc4c(-c6ccccc6)cccc45)cc4c2B3c2ccc(-c3ccccc3)cc2O4)cc1. The van der Waals surface area contributed by atoms with E-state index in [2.05, 4.69) is 229 Å². The number of furan rings is 1. The summed E-state index contributed by atoms with van der Waals surface area (Å²) < 4.78 is 21.4. The molecule has 2 aliphatic rings. The molecule has 3 heterocycles.